The van der Waals surface area contributed by atoms with Crippen LogP contribution < -0.4 is 5.32 Å². The minimum atomic E-state index is 0.349. The Hall–Kier alpha value is -0.0800. The van der Waals surface area contributed by atoms with Crippen LogP contribution in [0.3, 0.4) is 0 Å². The summed E-state index contributed by atoms with van der Waals surface area (Å²) in [6.45, 7) is 9.48. The summed E-state index contributed by atoms with van der Waals surface area (Å²) >= 11 is 0. The van der Waals surface area contributed by atoms with Gasteiger partial charge in [-0.2, -0.15) is 0 Å². The third-order valence-corrected chi connectivity index (χ3v) is 4.33. The van der Waals surface area contributed by atoms with Crippen LogP contribution in [0.4, 0.5) is 0 Å². The second kappa shape index (κ2) is 6.02. The summed E-state index contributed by atoms with van der Waals surface area (Å²) in [5.41, 5.74) is 0.349. The van der Waals surface area contributed by atoms with E-state index in [0.717, 1.165) is 5.92 Å². The molecule has 1 unspecified atom stereocenters. The van der Waals surface area contributed by atoms with Crippen LogP contribution in [0.15, 0.2) is 0 Å². The van der Waals surface area contributed by atoms with Crippen LogP contribution in [-0.4, -0.2) is 38.1 Å². The average molecular weight is 226 g/mol. The first-order valence-electron chi connectivity index (χ1n) is 6.81. The second-order valence-corrected chi connectivity index (χ2v) is 6.35. The van der Waals surface area contributed by atoms with Crippen molar-refractivity contribution < 1.29 is 0 Å². The van der Waals surface area contributed by atoms with E-state index in [4.69, 9.17) is 0 Å². The van der Waals surface area contributed by atoms with Crippen molar-refractivity contribution in [2.45, 2.75) is 52.5 Å². The summed E-state index contributed by atoms with van der Waals surface area (Å²) in [5.74, 6) is 0.964. The lowest BCUT2D eigenvalue weighted by molar-refractivity contribution is 0.154. The highest BCUT2D eigenvalue weighted by atomic mass is 15.1. The molecule has 1 saturated carbocycles. The van der Waals surface area contributed by atoms with Gasteiger partial charge in [0.2, 0.25) is 0 Å². The first kappa shape index (κ1) is 14.0. The first-order valence-corrected chi connectivity index (χ1v) is 6.81. The van der Waals surface area contributed by atoms with Crippen LogP contribution in [-0.2, 0) is 0 Å². The summed E-state index contributed by atoms with van der Waals surface area (Å²) in [4.78, 5) is 2.53. The lowest BCUT2D eigenvalue weighted by Crippen LogP contribution is -2.45. The Kier molecular flexibility index (Phi) is 5.26. The molecular formula is C14H30N2. The molecule has 0 spiro atoms. The van der Waals surface area contributed by atoms with Gasteiger partial charge >= 0.3 is 0 Å². The molecule has 0 aromatic heterocycles. The van der Waals surface area contributed by atoms with E-state index in [2.05, 4.69) is 45.1 Å². The van der Waals surface area contributed by atoms with Crippen LogP contribution in [0.1, 0.15) is 46.5 Å². The predicted octanol–water partition coefficient (Wildman–Crippen LogP) is 2.74. The van der Waals surface area contributed by atoms with Gasteiger partial charge in [-0.1, -0.05) is 26.7 Å². The minimum Gasteiger partial charge on any atom is -0.317 e. The van der Waals surface area contributed by atoms with Gasteiger partial charge in [0.25, 0.3) is 0 Å². The van der Waals surface area contributed by atoms with Crippen molar-refractivity contribution in [3.8, 4) is 0 Å². The number of nitrogens with zero attached hydrogens (tertiary/aromatic N) is 1. The highest BCUT2D eigenvalue weighted by Gasteiger charge is 2.27. The molecule has 0 amide bonds. The van der Waals surface area contributed by atoms with Crippen molar-refractivity contribution in [1.82, 2.24) is 10.2 Å². The van der Waals surface area contributed by atoms with Gasteiger partial charge in [0.05, 0.1) is 0 Å². The summed E-state index contributed by atoms with van der Waals surface area (Å²) in [5, 5.41) is 3.38. The molecule has 1 aliphatic carbocycles. The lowest BCUT2D eigenvalue weighted by atomic mass is 9.84. The molecule has 2 nitrogen and oxygen atoms in total. The van der Waals surface area contributed by atoms with E-state index in [1.54, 1.807) is 0 Å². The molecule has 0 aromatic carbocycles. The fourth-order valence-electron chi connectivity index (χ4n) is 2.92. The van der Waals surface area contributed by atoms with E-state index >= 15 is 0 Å². The lowest BCUT2D eigenvalue weighted by Gasteiger charge is -2.36. The largest absolute Gasteiger partial charge is 0.317 e. The van der Waals surface area contributed by atoms with E-state index in [9.17, 15) is 0 Å². The van der Waals surface area contributed by atoms with Gasteiger partial charge in [-0.3, -0.25) is 0 Å². The molecule has 1 aliphatic rings. The number of hydrogen-bond acceptors (Lipinski definition) is 2. The van der Waals surface area contributed by atoms with E-state index in [-0.39, 0.29) is 0 Å². The van der Waals surface area contributed by atoms with E-state index in [1.165, 1.54) is 38.8 Å². The zero-order chi connectivity index (χ0) is 12.2. The molecule has 0 radical (unpaired) electrons. The molecule has 0 saturated heterocycles. The summed E-state index contributed by atoms with van der Waals surface area (Å²) in [6, 6.07) is 0.568. The van der Waals surface area contributed by atoms with Gasteiger partial charge in [0, 0.05) is 19.1 Å². The van der Waals surface area contributed by atoms with Crippen molar-refractivity contribution >= 4 is 0 Å². The molecule has 1 atom stereocenters. The maximum atomic E-state index is 3.38. The quantitative estimate of drug-likeness (QED) is 0.749. The zero-order valence-corrected chi connectivity index (χ0v) is 11.8. The smallest absolute Gasteiger partial charge is 0.00991 e. The highest BCUT2D eigenvalue weighted by molar-refractivity contribution is 4.83. The molecule has 1 fully saturated rings. The second-order valence-electron chi connectivity index (χ2n) is 6.35. The fourth-order valence-corrected chi connectivity index (χ4v) is 2.92. The first-order chi connectivity index (χ1) is 7.45. The van der Waals surface area contributed by atoms with E-state index in [1.807, 2.05) is 0 Å². The molecule has 96 valence electrons. The third-order valence-electron chi connectivity index (χ3n) is 4.33. The molecule has 0 aromatic rings. The Bertz CT molecular complexity index is 195. The van der Waals surface area contributed by atoms with Crippen LogP contribution in [0.5, 0.6) is 0 Å². The third kappa shape index (κ3) is 4.06. The van der Waals surface area contributed by atoms with E-state index < -0.39 is 0 Å². The minimum absolute atomic E-state index is 0.349. The predicted molar refractivity (Wildman–Crippen MR) is 71.8 cm³/mol. The Balaban J connectivity index is 2.34. The van der Waals surface area contributed by atoms with Crippen molar-refractivity contribution in [2.75, 3.05) is 27.2 Å². The number of hydrogen-bond donors (Lipinski definition) is 1. The molecule has 0 aliphatic heterocycles. The van der Waals surface area contributed by atoms with Gasteiger partial charge in [-0.05, 0) is 45.2 Å². The maximum absolute atomic E-state index is 3.38. The maximum Gasteiger partial charge on any atom is 0.00991 e. The Labute approximate surface area is 102 Å². The Morgan fingerprint density at radius 2 is 1.88 bits per heavy atom. The average Bonchev–Trinajstić information content (AvgIpc) is 2.67. The number of nitrogens with one attached hydrogen (secondary N) is 1. The van der Waals surface area contributed by atoms with Crippen molar-refractivity contribution in [2.24, 2.45) is 11.3 Å². The molecule has 2 heteroatoms. The monoisotopic (exact) mass is 226 g/mol. The fraction of sp³-hybridized carbons (Fsp3) is 1.00. The Morgan fingerprint density at radius 3 is 2.38 bits per heavy atom. The standard InChI is InChI=1S/C14H30N2/c1-12(15-4)14(2,3)11-16(5)10-13-8-6-7-9-13/h12-13,15H,6-11H2,1-5H3. The number of rotatable bonds is 6. The van der Waals surface area contributed by atoms with Gasteiger partial charge in [0.1, 0.15) is 0 Å². The normalized spacial score (nSPS) is 20.6. The molecule has 0 heterocycles. The molecule has 0 bridgehead atoms. The topological polar surface area (TPSA) is 15.3 Å². The summed E-state index contributed by atoms with van der Waals surface area (Å²) in [7, 11) is 4.34. The van der Waals surface area contributed by atoms with Crippen LogP contribution in [0.2, 0.25) is 0 Å². The van der Waals surface area contributed by atoms with Crippen molar-refractivity contribution in [3.63, 3.8) is 0 Å². The van der Waals surface area contributed by atoms with Gasteiger partial charge in [-0.25, -0.2) is 0 Å². The summed E-state index contributed by atoms with van der Waals surface area (Å²) in [6.07, 6.45) is 5.81. The summed E-state index contributed by atoms with van der Waals surface area (Å²) < 4.78 is 0. The van der Waals surface area contributed by atoms with E-state index in [0.29, 0.717) is 11.5 Å². The van der Waals surface area contributed by atoms with Crippen molar-refractivity contribution in [1.29, 1.82) is 0 Å². The van der Waals surface area contributed by atoms with Gasteiger partial charge in [-0.15, -0.1) is 0 Å². The zero-order valence-electron chi connectivity index (χ0n) is 11.8. The van der Waals surface area contributed by atoms with Gasteiger partial charge < -0.3 is 10.2 Å². The molecular weight excluding hydrogens is 196 g/mol. The molecule has 1 rings (SSSR count). The Morgan fingerprint density at radius 1 is 1.31 bits per heavy atom. The van der Waals surface area contributed by atoms with Crippen LogP contribution in [0.25, 0.3) is 0 Å². The van der Waals surface area contributed by atoms with Crippen LogP contribution in [0, 0.1) is 11.3 Å². The molecule has 1 N–H and O–H groups in total. The van der Waals surface area contributed by atoms with Gasteiger partial charge in [0.15, 0.2) is 0 Å². The van der Waals surface area contributed by atoms with Crippen LogP contribution >= 0.6 is 0 Å². The highest BCUT2D eigenvalue weighted by Crippen LogP contribution is 2.27. The molecule has 16 heavy (non-hydrogen) atoms. The van der Waals surface area contributed by atoms with Crippen molar-refractivity contribution in [3.05, 3.63) is 0 Å². The SMILES string of the molecule is CNC(C)C(C)(C)CN(C)CC1CCCC1.